The van der Waals surface area contributed by atoms with Crippen LogP contribution in [0.5, 0.6) is 0 Å². The molecule has 0 rings (SSSR count). The molecule has 0 aromatic carbocycles. The van der Waals surface area contributed by atoms with Crippen LogP contribution in [0.4, 0.5) is 0 Å². The lowest BCUT2D eigenvalue weighted by molar-refractivity contribution is -0.161. The highest BCUT2D eigenvalue weighted by atomic mass is 16.6. The molecule has 0 spiro atoms. The summed E-state index contributed by atoms with van der Waals surface area (Å²) in [6.07, 6.45) is 41.3. The van der Waals surface area contributed by atoms with Crippen molar-refractivity contribution in [2.75, 3.05) is 13.2 Å². The van der Waals surface area contributed by atoms with Crippen LogP contribution >= 0.6 is 0 Å². The molecule has 5 heteroatoms. The van der Waals surface area contributed by atoms with E-state index < -0.39 is 6.10 Å². The minimum Gasteiger partial charge on any atom is -0.462 e. The summed E-state index contributed by atoms with van der Waals surface area (Å²) in [5.41, 5.74) is 0. The number of aliphatic hydroxyl groups excluding tert-OH is 1. The average Bonchev–Trinajstić information content (AvgIpc) is 3.04. The van der Waals surface area contributed by atoms with Gasteiger partial charge >= 0.3 is 11.9 Å². The molecule has 0 aromatic rings. The van der Waals surface area contributed by atoms with Crippen LogP contribution in [0.1, 0.15) is 213 Å². The van der Waals surface area contributed by atoms with Gasteiger partial charge in [-0.1, -0.05) is 174 Å². The van der Waals surface area contributed by atoms with Crippen LogP contribution in [0.25, 0.3) is 0 Å². The van der Waals surface area contributed by atoms with Gasteiger partial charge in [-0.05, 0) is 38.5 Å². The third kappa shape index (κ3) is 35.3. The van der Waals surface area contributed by atoms with Gasteiger partial charge in [-0.3, -0.25) is 9.59 Å². The van der Waals surface area contributed by atoms with E-state index in [2.05, 4.69) is 26.0 Å². The molecule has 0 amide bonds. The zero-order valence-corrected chi connectivity index (χ0v) is 30.1. The number of hydrogen-bond acceptors (Lipinski definition) is 5. The Balaban J connectivity index is 3.51. The second-order valence-corrected chi connectivity index (χ2v) is 13.4. The molecular weight excluding hydrogens is 560 g/mol. The third-order valence-electron chi connectivity index (χ3n) is 8.81. The fourth-order valence-corrected chi connectivity index (χ4v) is 5.78. The SMILES string of the molecule is CCCCCCCCC=CCCCCCCCCCCCC(=O)O[C@@H](CO)COC(=O)CCCCCCCCCCCCCC. The monoisotopic (exact) mass is 637 g/mol. The van der Waals surface area contributed by atoms with Crippen molar-refractivity contribution >= 4 is 11.9 Å². The Morgan fingerprint density at radius 2 is 0.822 bits per heavy atom. The van der Waals surface area contributed by atoms with E-state index in [1.54, 1.807) is 0 Å². The maximum Gasteiger partial charge on any atom is 0.306 e. The molecule has 0 aliphatic carbocycles. The molecule has 0 radical (unpaired) electrons. The first-order chi connectivity index (χ1) is 22.1. The lowest BCUT2D eigenvalue weighted by Crippen LogP contribution is -2.28. The number of unbranched alkanes of at least 4 members (excludes halogenated alkanes) is 26. The summed E-state index contributed by atoms with van der Waals surface area (Å²) in [5.74, 6) is -0.584. The largest absolute Gasteiger partial charge is 0.462 e. The molecule has 0 heterocycles. The van der Waals surface area contributed by atoms with Crippen LogP contribution < -0.4 is 0 Å². The lowest BCUT2D eigenvalue weighted by atomic mass is 10.0. The minimum atomic E-state index is -0.765. The molecule has 45 heavy (non-hydrogen) atoms. The van der Waals surface area contributed by atoms with Crippen molar-refractivity contribution in [2.24, 2.45) is 0 Å². The molecule has 0 saturated carbocycles. The number of carbonyl (C=O) groups excluding carboxylic acids is 2. The molecule has 0 aromatic heterocycles. The van der Waals surface area contributed by atoms with Crippen molar-refractivity contribution in [3.63, 3.8) is 0 Å². The number of ether oxygens (including phenoxy) is 2. The van der Waals surface area contributed by atoms with E-state index in [9.17, 15) is 14.7 Å². The summed E-state index contributed by atoms with van der Waals surface area (Å²) in [7, 11) is 0. The molecule has 0 aliphatic heterocycles. The summed E-state index contributed by atoms with van der Waals surface area (Å²) in [4.78, 5) is 24.2. The van der Waals surface area contributed by atoms with E-state index in [4.69, 9.17) is 9.47 Å². The van der Waals surface area contributed by atoms with Crippen molar-refractivity contribution in [3.8, 4) is 0 Å². The van der Waals surface area contributed by atoms with Crippen LogP contribution in [-0.2, 0) is 19.1 Å². The number of allylic oxidation sites excluding steroid dienone is 2. The highest BCUT2D eigenvalue weighted by Crippen LogP contribution is 2.14. The maximum atomic E-state index is 12.2. The molecule has 0 saturated heterocycles. The average molecular weight is 637 g/mol. The Morgan fingerprint density at radius 3 is 1.20 bits per heavy atom. The van der Waals surface area contributed by atoms with E-state index in [1.165, 1.54) is 148 Å². The van der Waals surface area contributed by atoms with Gasteiger partial charge in [0.1, 0.15) is 6.61 Å². The van der Waals surface area contributed by atoms with Gasteiger partial charge in [0.15, 0.2) is 6.10 Å². The van der Waals surface area contributed by atoms with Crippen LogP contribution in [0.2, 0.25) is 0 Å². The van der Waals surface area contributed by atoms with Crippen LogP contribution in [0.15, 0.2) is 12.2 Å². The van der Waals surface area contributed by atoms with Crippen molar-refractivity contribution in [2.45, 2.75) is 219 Å². The predicted octanol–water partition coefficient (Wildman–Crippen LogP) is 12.1. The Hall–Kier alpha value is -1.36. The fraction of sp³-hybridized carbons (Fsp3) is 0.900. The predicted molar refractivity (Wildman–Crippen MR) is 192 cm³/mol. The first-order valence-corrected chi connectivity index (χ1v) is 19.7. The van der Waals surface area contributed by atoms with E-state index in [0.717, 1.165) is 38.5 Å². The van der Waals surface area contributed by atoms with Crippen LogP contribution in [0, 0.1) is 0 Å². The molecule has 0 unspecified atom stereocenters. The van der Waals surface area contributed by atoms with Gasteiger partial charge in [-0.2, -0.15) is 0 Å². The Kier molecular flexibility index (Phi) is 36.0. The molecule has 1 N–H and O–H groups in total. The van der Waals surface area contributed by atoms with Gasteiger partial charge in [0.25, 0.3) is 0 Å². The number of carbonyl (C=O) groups is 2. The van der Waals surface area contributed by atoms with Gasteiger partial charge in [-0.25, -0.2) is 0 Å². The van der Waals surface area contributed by atoms with Crippen molar-refractivity contribution in [1.29, 1.82) is 0 Å². The molecular formula is C40H76O5. The van der Waals surface area contributed by atoms with Crippen molar-refractivity contribution in [3.05, 3.63) is 12.2 Å². The summed E-state index contributed by atoms with van der Waals surface area (Å²) in [6.45, 7) is 4.14. The molecule has 266 valence electrons. The maximum absolute atomic E-state index is 12.2. The lowest BCUT2D eigenvalue weighted by Gasteiger charge is -2.15. The zero-order chi connectivity index (χ0) is 32.9. The Bertz CT molecular complexity index is 647. The summed E-state index contributed by atoms with van der Waals surface area (Å²) in [6, 6.07) is 0. The second-order valence-electron chi connectivity index (χ2n) is 13.4. The van der Waals surface area contributed by atoms with Crippen LogP contribution in [0.3, 0.4) is 0 Å². The van der Waals surface area contributed by atoms with Crippen LogP contribution in [-0.4, -0.2) is 36.4 Å². The first-order valence-electron chi connectivity index (χ1n) is 19.7. The normalized spacial score (nSPS) is 12.2. The highest BCUT2D eigenvalue weighted by Gasteiger charge is 2.16. The van der Waals surface area contributed by atoms with Gasteiger partial charge in [0.05, 0.1) is 6.61 Å². The summed E-state index contributed by atoms with van der Waals surface area (Å²) >= 11 is 0. The van der Waals surface area contributed by atoms with Gasteiger partial charge in [0, 0.05) is 12.8 Å². The first kappa shape index (κ1) is 43.6. The Morgan fingerprint density at radius 1 is 0.489 bits per heavy atom. The second kappa shape index (κ2) is 37.1. The summed E-state index contributed by atoms with van der Waals surface area (Å²) in [5, 5.41) is 9.54. The molecule has 1 atom stereocenters. The standard InChI is InChI=1S/C40H76O5/c1-3-5-7-9-11-13-15-17-18-19-20-21-22-23-25-27-29-31-33-35-40(43)45-38(36-41)37-44-39(42)34-32-30-28-26-24-16-14-12-10-8-6-4-2/h17-18,38,41H,3-16,19-37H2,1-2H3/t38-/m0/s1. The summed E-state index contributed by atoms with van der Waals surface area (Å²) < 4.78 is 10.6. The third-order valence-corrected chi connectivity index (χ3v) is 8.81. The zero-order valence-electron chi connectivity index (χ0n) is 30.1. The minimum absolute atomic E-state index is 0.0607. The van der Waals surface area contributed by atoms with Gasteiger partial charge < -0.3 is 14.6 Å². The van der Waals surface area contributed by atoms with E-state index in [0.29, 0.717) is 12.8 Å². The van der Waals surface area contributed by atoms with Crippen molar-refractivity contribution in [1.82, 2.24) is 0 Å². The number of aliphatic hydroxyl groups is 1. The molecule has 5 nitrogen and oxygen atoms in total. The van der Waals surface area contributed by atoms with Gasteiger partial charge in [-0.15, -0.1) is 0 Å². The van der Waals surface area contributed by atoms with Crippen molar-refractivity contribution < 1.29 is 24.2 Å². The topological polar surface area (TPSA) is 72.8 Å². The van der Waals surface area contributed by atoms with E-state index >= 15 is 0 Å². The Labute approximate surface area is 280 Å². The quantitative estimate of drug-likeness (QED) is 0.0421. The molecule has 0 fully saturated rings. The van der Waals surface area contributed by atoms with E-state index in [-0.39, 0.29) is 25.2 Å². The molecule has 0 bridgehead atoms. The number of rotatable bonds is 36. The smallest absolute Gasteiger partial charge is 0.306 e. The van der Waals surface area contributed by atoms with Gasteiger partial charge in [0.2, 0.25) is 0 Å². The highest BCUT2D eigenvalue weighted by molar-refractivity contribution is 5.70. The molecule has 0 aliphatic rings. The number of hydrogen-bond donors (Lipinski definition) is 1. The van der Waals surface area contributed by atoms with E-state index in [1.807, 2.05) is 0 Å². The fourth-order valence-electron chi connectivity index (χ4n) is 5.78. The number of esters is 2.